The van der Waals surface area contributed by atoms with Gasteiger partial charge in [-0.1, -0.05) is 54.1 Å². The summed E-state index contributed by atoms with van der Waals surface area (Å²) in [7, 11) is 4.10. The molecule has 0 bridgehead atoms. The summed E-state index contributed by atoms with van der Waals surface area (Å²) in [6, 6.07) is 17.1. The SMILES string of the molecule is CNCc1ccc(CN(C)C(C)c2ccccc2Cl)cc1. The van der Waals surface area contributed by atoms with Crippen LogP contribution in [0.25, 0.3) is 0 Å². The minimum absolute atomic E-state index is 0.288. The number of nitrogens with zero attached hydrogens (tertiary/aromatic N) is 1. The van der Waals surface area contributed by atoms with Crippen LogP contribution in [0.2, 0.25) is 5.02 Å². The summed E-state index contributed by atoms with van der Waals surface area (Å²) in [5.74, 6) is 0. The maximum Gasteiger partial charge on any atom is 0.0453 e. The van der Waals surface area contributed by atoms with Gasteiger partial charge in [-0.25, -0.2) is 0 Å². The molecule has 0 spiro atoms. The number of hydrogen-bond acceptors (Lipinski definition) is 2. The highest BCUT2D eigenvalue weighted by Gasteiger charge is 2.14. The fraction of sp³-hybridized carbons (Fsp3) is 0.333. The molecule has 2 rings (SSSR count). The summed E-state index contributed by atoms with van der Waals surface area (Å²) in [4.78, 5) is 2.31. The van der Waals surface area contributed by atoms with Crippen LogP contribution in [0.1, 0.15) is 29.7 Å². The molecule has 1 atom stereocenters. The van der Waals surface area contributed by atoms with Gasteiger partial charge in [0, 0.05) is 24.2 Å². The highest BCUT2D eigenvalue weighted by Crippen LogP contribution is 2.27. The number of hydrogen-bond donors (Lipinski definition) is 1. The van der Waals surface area contributed by atoms with Crippen molar-refractivity contribution in [1.29, 1.82) is 0 Å². The molecule has 0 aliphatic heterocycles. The van der Waals surface area contributed by atoms with Gasteiger partial charge in [-0.15, -0.1) is 0 Å². The smallest absolute Gasteiger partial charge is 0.0453 e. The number of rotatable bonds is 6. The van der Waals surface area contributed by atoms with Gasteiger partial charge in [0.25, 0.3) is 0 Å². The minimum atomic E-state index is 0.288. The van der Waals surface area contributed by atoms with Crippen LogP contribution in [0.15, 0.2) is 48.5 Å². The van der Waals surface area contributed by atoms with Crippen LogP contribution in [-0.2, 0) is 13.1 Å². The van der Waals surface area contributed by atoms with Crippen molar-refractivity contribution < 1.29 is 0 Å². The molecule has 0 amide bonds. The van der Waals surface area contributed by atoms with Crippen molar-refractivity contribution in [3.63, 3.8) is 0 Å². The third-order valence-electron chi connectivity index (χ3n) is 3.85. The fourth-order valence-corrected chi connectivity index (χ4v) is 2.74. The summed E-state index contributed by atoms with van der Waals surface area (Å²) in [5.41, 5.74) is 3.80. The first-order chi connectivity index (χ1) is 10.1. The number of halogens is 1. The van der Waals surface area contributed by atoms with Gasteiger partial charge in [0.15, 0.2) is 0 Å². The van der Waals surface area contributed by atoms with Gasteiger partial charge in [0.05, 0.1) is 0 Å². The van der Waals surface area contributed by atoms with Crippen LogP contribution in [0.4, 0.5) is 0 Å². The van der Waals surface area contributed by atoms with Gasteiger partial charge in [0.2, 0.25) is 0 Å². The Balaban J connectivity index is 2.03. The van der Waals surface area contributed by atoms with Crippen molar-refractivity contribution in [2.45, 2.75) is 26.1 Å². The molecule has 112 valence electrons. The standard InChI is InChI=1S/C18H23ClN2/c1-14(17-6-4-5-7-18(17)19)21(3)13-16-10-8-15(9-11-16)12-20-2/h4-11,14,20H,12-13H2,1-3H3. The molecule has 0 saturated carbocycles. The summed E-state index contributed by atoms with van der Waals surface area (Å²) < 4.78 is 0. The molecule has 2 nitrogen and oxygen atoms in total. The van der Waals surface area contributed by atoms with Crippen molar-refractivity contribution in [1.82, 2.24) is 10.2 Å². The normalized spacial score (nSPS) is 12.6. The fourth-order valence-electron chi connectivity index (χ4n) is 2.44. The van der Waals surface area contributed by atoms with Crippen LogP contribution in [0, 0.1) is 0 Å². The summed E-state index contributed by atoms with van der Waals surface area (Å²) in [6.07, 6.45) is 0. The lowest BCUT2D eigenvalue weighted by atomic mass is 10.1. The Kier molecular flexibility index (Phi) is 5.80. The topological polar surface area (TPSA) is 15.3 Å². The van der Waals surface area contributed by atoms with E-state index in [2.05, 4.69) is 54.5 Å². The highest BCUT2D eigenvalue weighted by atomic mass is 35.5. The number of nitrogens with one attached hydrogen (secondary N) is 1. The molecule has 2 aromatic carbocycles. The largest absolute Gasteiger partial charge is 0.316 e. The predicted octanol–water partition coefficient (Wildman–Crippen LogP) is 4.25. The molecule has 3 heteroatoms. The van der Waals surface area contributed by atoms with E-state index in [1.165, 1.54) is 16.7 Å². The van der Waals surface area contributed by atoms with E-state index in [0.29, 0.717) is 0 Å². The van der Waals surface area contributed by atoms with Gasteiger partial charge in [-0.2, -0.15) is 0 Å². The average Bonchev–Trinajstić information content (AvgIpc) is 2.49. The quantitative estimate of drug-likeness (QED) is 0.858. The lowest BCUT2D eigenvalue weighted by Gasteiger charge is -2.26. The second kappa shape index (κ2) is 7.60. The van der Waals surface area contributed by atoms with Crippen molar-refractivity contribution in [3.8, 4) is 0 Å². The zero-order chi connectivity index (χ0) is 15.2. The molecule has 0 aliphatic carbocycles. The molecule has 2 aromatic rings. The first-order valence-electron chi connectivity index (χ1n) is 7.29. The Bertz CT molecular complexity index is 566. The zero-order valence-electron chi connectivity index (χ0n) is 12.9. The maximum atomic E-state index is 6.29. The van der Waals surface area contributed by atoms with E-state index in [0.717, 1.165) is 18.1 Å². The molecule has 1 N–H and O–H groups in total. The van der Waals surface area contributed by atoms with E-state index in [-0.39, 0.29) is 6.04 Å². The van der Waals surface area contributed by atoms with Gasteiger partial charge >= 0.3 is 0 Å². The predicted molar refractivity (Wildman–Crippen MR) is 90.5 cm³/mol. The Hall–Kier alpha value is -1.35. The second-order valence-corrected chi connectivity index (χ2v) is 5.87. The van der Waals surface area contributed by atoms with E-state index < -0.39 is 0 Å². The molecule has 0 radical (unpaired) electrons. The molecule has 0 aromatic heterocycles. The molecule has 0 aliphatic rings. The van der Waals surface area contributed by atoms with E-state index >= 15 is 0 Å². The first-order valence-corrected chi connectivity index (χ1v) is 7.66. The molecule has 0 heterocycles. The summed E-state index contributed by atoms with van der Waals surface area (Å²) >= 11 is 6.29. The van der Waals surface area contributed by atoms with Gasteiger partial charge in [-0.05, 0) is 43.8 Å². The maximum absolute atomic E-state index is 6.29. The van der Waals surface area contributed by atoms with Crippen LogP contribution >= 0.6 is 11.6 Å². The Morgan fingerprint density at radius 3 is 2.29 bits per heavy atom. The molecule has 0 fully saturated rings. The van der Waals surface area contributed by atoms with Gasteiger partial charge in [-0.3, -0.25) is 4.90 Å². The third kappa shape index (κ3) is 4.31. The van der Waals surface area contributed by atoms with Crippen LogP contribution in [0.5, 0.6) is 0 Å². The summed E-state index contributed by atoms with van der Waals surface area (Å²) in [5, 5.41) is 4.00. The monoisotopic (exact) mass is 302 g/mol. The molecule has 0 saturated heterocycles. The van der Waals surface area contributed by atoms with E-state index in [4.69, 9.17) is 11.6 Å². The van der Waals surface area contributed by atoms with E-state index in [1.54, 1.807) is 0 Å². The first kappa shape index (κ1) is 16.0. The zero-order valence-corrected chi connectivity index (χ0v) is 13.7. The average molecular weight is 303 g/mol. The molecule has 21 heavy (non-hydrogen) atoms. The highest BCUT2D eigenvalue weighted by molar-refractivity contribution is 6.31. The van der Waals surface area contributed by atoms with Crippen molar-refractivity contribution >= 4 is 11.6 Å². The van der Waals surface area contributed by atoms with Crippen molar-refractivity contribution in [2.24, 2.45) is 0 Å². The van der Waals surface area contributed by atoms with Crippen molar-refractivity contribution in [2.75, 3.05) is 14.1 Å². The van der Waals surface area contributed by atoms with E-state index in [9.17, 15) is 0 Å². The number of benzene rings is 2. The van der Waals surface area contributed by atoms with Crippen LogP contribution < -0.4 is 5.32 Å². The van der Waals surface area contributed by atoms with Gasteiger partial charge < -0.3 is 5.32 Å². The molecular formula is C18H23ClN2. The van der Waals surface area contributed by atoms with Crippen LogP contribution in [0.3, 0.4) is 0 Å². The lowest BCUT2D eigenvalue weighted by molar-refractivity contribution is 0.253. The van der Waals surface area contributed by atoms with Crippen molar-refractivity contribution in [3.05, 3.63) is 70.2 Å². The third-order valence-corrected chi connectivity index (χ3v) is 4.20. The Morgan fingerprint density at radius 1 is 1.05 bits per heavy atom. The summed E-state index contributed by atoms with van der Waals surface area (Å²) in [6.45, 7) is 4.01. The second-order valence-electron chi connectivity index (χ2n) is 5.46. The van der Waals surface area contributed by atoms with Crippen LogP contribution in [-0.4, -0.2) is 19.0 Å². The molecular weight excluding hydrogens is 280 g/mol. The Morgan fingerprint density at radius 2 is 1.67 bits per heavy atom. The van der Waals surface area contributed by atoms with E-state index in [1.807, 2.05) is 25.2 Å². The molecule has 1 unspecified atom stereocenters. The van der Waals surface area contributed by atoms with Gasteiger partial charge in [0.1, 0.15) is 0 Å². The minimum Gasteiger partial charge on any atom is -0.316 e. The lowest BCUT2D eigenvalue weighted by Crippen LogP contribution is -2.22. The Labute approximate surface area is 132 Å².